The summed E-state index contributed by atoms with van der Waals surface area (Å²) in [5, 5.41) is 3.61. The number of hydrogen-bond donors (Lipinski definition) is 1. The molecule has 1 aliphatic heterocycles. The lowest BCUT2D eigenvalue weighted by Gasteiger charge is -2.32. The van der Waals surface area contributed by atoms with Crippen molar-refractivity contribution in [2.45, 2.75) is 45.6 Å². The van der Waals surface area contributed by atoms with Crippen LogP contribution in [0.2, 0.25) is 0 Å². The molecule has 5 heteroatoms. The molecule has 130 valence electrons. The van der Waals surface area contributed by atoms with Crippen molar-refractivity contribution in [3.8, 4) is 0 Å². The zero-order valence-electron chi connectivity index (χ0n) is 14.5. The molecule has 2 rings (SSSR count). The maximum Gasteiger partial charge on any atom is 0.214 e. The van der Waals surface area contributed by atoms with E-state index >= 15 is 0 Å². The van der Waals surface area contributed by atoms with Gasteiger partial charge in [0.1, 0.15) is 0 Å². The normalized spacial score (nSPS) is 19.1. The molecule has 1 N–H and O–H groups in total. The van der Waals surface area contributed by atoms with Gasteiger partial charge >= 0.3 is 0 Å². The Balaban J connectivity index is 1.77. The van der Waals surface area contributed by atoms with Gasteiger partial charge in [-0.3, -0.25) is 0 Å². The third-order valence-electron chi connectivity index (χ3n) is 4.47. The fraction of sp³-hybridized carbons (Fsp3) is 0.667. The second-order valence-corrected chi connectivity index (χ2v) is 9.08. The minimum absolute atomic E-state index is 0.183. The number of hydrogen-bond acceptors (Lipinski definition) is 3. The van der Waals surface area contributed by atoms with Gasteiger partial charge in [0, 0.05) is 25.7 Å². The van der Waals surface area contributed by atoms with Gasteiger partial charge in [0.15, 0.2) is 0 Å². The van der Waals surface area contributed by atoms with Crippen molar-refractivity contribution >= 4 is 10.0 Å². The van der Waals surface area contributed by atoms with E-state index < -0.39 is 10.0 Å². The molecule has 1 aromatic carbocycles. The average molecular weight is 339 g/mol. The Hall–Kier alpha value is -0.910. The van der Waals surface area contributed by atoms with E-state index in [2.05, 4.69) is 36.5 Å². The van der Waals surface area contributed by atoms with Gasteiger partial charge in [-0.15, -0.1) is 0 Å². The van der Waals surface area contributed by atoms with Crippen LogP contribution < -0.4 is 5.32 Å². The topological polar surface area (TPSA) is 49.4 Å². The summed E-state index contributed by atoms with van der Waals surface area (Å²) in [6.45, 7) is 8.37. The van der Waals surface area contributed by atoms with Crippen molar-refractivity contribution in [3.63, 3.8) is 0 Å². The van der Waals surface area contributed by atoms with E-state index in [-0.39, 0.29) is 11.7 Å². The first kappa shape index (κ1) is 18.4. The van der Waals surface area contributed by atoms with Gasteiger partial charge in [0.25, 0.3) is 0 Å². The number of rotatable bonds is 7. The molecule has 0 aromatic heterocycles. The Morgan fingerprint density at radius 1 is 1.13 bits per heavy atom. The molecule has 1 atom stereocenters. The van der Waals surface area contributed by atoms with Crippen LogP contribution in [0.3, 0.4) is 0 Å². The summed E-state index contributed by atoms with van der Waals surface area (Å²) < 4.78 is 26.2. The van der Waals surface area contributed by atoms with E-state index in [0.29, 0.717) is 25.0 Å². The summed E-state index contributed by atoms with van der Waals surface area (Å²) in [7, 11) is -3.07. The van der Waals surface area contributed by atoms with Gasteiger partial charge < -0.3 is 5.32 Å². The summed E-state index contributed by atoms with van der Waals surface area (Å²) in [6.07, 6.45) is 1.80. The maximum absolute atomic E-state index is 12.3. The zero-order valence-corrected chi connectivity index (χ0v) is 15.3. The molecule has 0 radical (unpaired) electrons. The summed E-state index contributed by atoms with van der Waals surface area (Å²) >= 11 is 0. The molecule has 23 heavy (non-hydrogen) atoms. The van der Waals surface area contributed by atoms with Gasteiger partial charge in [-0.1, -0.05) is 51.1 Å². The van der Waals surface area contributed by atoms with Crippen LogP contribution in [-0.2, 0) is 10.0 Å². The van der Waals surface area contributed by atoms with Gasteiger partial charge in [0.05, 0.1) is 5.75 Å². The van der Waals surface area contributed by atoms with Crippen molar-refractivity contribution in [1.29, 1.82) is 0 Å². The maximum atomic E-state index is 12.3. The molecule has 0 amide bonds. The van der Waals surface area contributed by atoms with Crippen molar-refractivity contribution < 1.29 is 8.42 Å². The molecule has 1 fully saturated rings. The lowest BCUT2D eigenvalue weighted by atomic mass is 10.00. The minimum atomic E-state index is -3.07. The molecular weight excluding hydrogens is 308 g/mol. The van der Waals surface area contributed by atoms with Gasteiger partial charge in [-0.05, 0) is 30.2 Å². The first-order valence-electron chi connectivity index (χ1n) is 8.64. The molecule has 1 saturated heterocycles. The van der Waals surface area contributed by atoms with Crippen LogP contribution in [0.5, 0.6) is 0 Å². The Labute approximate surface area is 141 Å². The molecule has 1 aliphatic rings. The van der Waals surface area contributed by atoms with Gasteiger partial charge in [-0.25, -0.2) is 12.7 Å². The predicted octanol–water partition coefficient (Wildman–Crippen LogP) is 2.83. The van der Waals surface area contributed by atoms with E-state index in [0.717, 1.165) is 19.4 Å². The minimum Gasteiger partial charge on any atom is -0.313 e. The number of benzene rings is 1. The van der Waals surface area contributed by atoms with Crippen LogP contribution in [-0.4, -0.2) is 44.2 Å². The Morgan fingerprint density at radius 3 is 2.30 bits per heavy atom. The molecule has 0 saturated carbocycles. The molecular formula is C18H30N2O2S. The summed E-state index contributed by atoms with van der Waals surface area (Å²) in [5.74, 6) is 0.914. The predicted molar refractivity (Wildman–Crippen MR) is 96.1 cm³/mol. The largest absolute Gasteiger partial charge is 0.313 e. The highest BCUT2D eigenvalue weighted by Crippen LogP contribution is 2.18. The van der Waals surface area contributed by atoms with Gasteiger partial charge in [-0.2, -0.15) is 0 Å². The number of piperidine rings is 1. The highest BCUT2D eigenvalue weighted by atomic mass is 32.2. The first-order valence-corrected chi connectivity index (χ1v) is 10.3. The highest BCUT2D eigenvalue weighted by Gasteiger charge is 2.28. The van der Waals surface area contributed by atoms with Crippen molar-refractivity contribution in [1.82, 2.24) is 9.62 Å². The number of nitrogens with one attached hydrogen (secondary N) is 1. The monoisotopic (exact) mass is 338 g/mol. The van der Waals surface area contributed by atoms with Crippen LogP contribution in [0.4, 0.5) is 0 Å². The van der Waals surface area contributed by atoms with E-state index in [9.17, 15) is 8.42 Å². The lowest BCUT2D eigenvalue weighted by Crippen LogP contribution is -2.46. The standard InChI is InChI=1S/C18H30N2O2S/c1-15(2)14-23(21,22)20-11-9-18(10-12-20)19-13-16(3)17-7-5-4-6-8-17/h4-8,15-16,18-19H,9-14H2,1-3H3/t16-/m1/s1. The zero-order chi connectivity index (χ0) is 16.9. The van der Waals surface area contributed by atoms with E-state index in [1.54, 1.807) is 4.31 Å². The van der Waals surface area contributed by atoms with E-state index in [1.807, 2.05) is 19.9 Å². The molecule has 0 spiro atoms. The fourth-order valence-corrected chi connectivity index (χ4v) is 4.93. The smallest absolute Gasteiger partial charge is 0.214 e. The third kappa shape index (κ3) is 5.59. The van der Waals surface area contributed by atoms with E-state index in [4.69, 9.17) is 0 Å². The number of nitrogens with zero attached hydrogens (tertiary/aromatic N) is 1. The molecule has 0 bridgehead atoms. The summed E-state index contributed by atoms with van der Waals surface area (Å²) in [5.41, 5.74) is 1.34. The Morgan fingerprint density at radius 2 is 1.74 bits per heavy atom. The average Bonchev–Trinajstić information content (AvgIpc) is 2.52. The van der Waals surface area contributed by atoms with Crippen molar-refractivity contribution in [2.75, 3.05) is 25.4 Å². The van der Waals surface area contributed by atoms with Crippen LogP contribution >= 0.6 is 0 Å². The summed E-state index contributed by atoms with van der Waals surface area (Å²) in [4.78, 5) is 0. The van der Waals surface area contributed by atoms with Crippen LogP contribution in [0.1, 0.15) is 45.1 Å². The molecule has 0 unspecified atom stereocenters. The summed E-state index contributed by atoms with van der Waals surface area (Å²) in [6, 6.07) is 10.9. The molecule has 1 heterocycles. The third-order valence-corrected chi connectivity index (χ3v) is 6.71. The SMILES string of the molecule is CC(C)CS(=O)(=O)N1CCC(NC[C@@H](C)c2ccccc2)CC1. The van der Waals surface area contributed by atoms with E-state index in [1.165, 1.54) is 5.56 Å². The molecule has 0 aliphatic carbocycles. The van der Waals surface area contributed by atoms with Crippen LogP contribution in [0, 0.1) is 5.92 Å². The van der Waals surface area contributed by atoms with Crippen LogP contribution in [0.15, 0.2) is 30.3 Å². The second kappa shape index (κ2) is 8.27. The van der Waals surface area contributed by atoms with Crippen molar-refractivity contribution in [3.05, 3.63) is 35.9 Å². The first-order chi connectivity index (χ1) is 10.9. The molecule has 1 aromatic rings. The quantitative estimate of drug-likeness (QED) is 0.832. The number of sulfonamides is 1. The Bertz CT molecular complexity index is 564. The van der Waals surface area contributed by atoms with Crippen molar-refractivity contribution in [2.24, 2.45) is 5.92 Å². The lowest BCUT2D eigenvalue weighted by molar-refractivity contribution is 0.286. The molecule has 4 nitrogen and oxygen atoms in total. The van der Waals surface area contributed by atoms with Gasteiger partial charge in [0.2, 0.25) is 10.0 Å². The highest BCUT2D eigenvalue weighted by molar-refractivity contribution is 7.89. The second-order valence-electron chi connectivity index (χ2n) is 7.07. The van der Waals surface area contributed by atoms with Crippen LogP contribution in [0.25, 0.3) is 0 Å². The Kier molecular flexibility index (Phi) is 6.62. The fourth-order valence-electron chi connectivity index (χ4n) is 3.11.